The maximum atomic E-state index is 13.6. The van der Waals surface area contributed by atoms with Crippen molar-refractivity contribution in [1.82, 2.24) is 15.0 Å². The van der Waals surface area contributed by atoms with Gasteiger partial charge in [0.25, 0.3) is 0 Å². The van der Waals surface area contributed by atoms with Crippen LogP contribution in [0.1, 0.15) is 74.9 Å². The van der Waals surface area contributed by atoms with Crippen LogP contribution in [0.15, 0.2) is 53.6 Å². The first-order valence-corrected chi connectivity index (χ1v) is 15.6. The average molecular weight is 553 g/mol. The molecule has 0 bridgehead atoms. The summed E-state index contributed by atoms with van der Waals surface area (Å²) in [6.45, 7) is 6.07. The van der Waals surface area contributed by atoms with E-state index in [4.69, 9.17) is 0 Å². The van der Waals surface area contributed by atoms with E-state index in [-0.39, 0.29) is 10.8 Å². The Hall–Kier alpha value is -2.59. The topological polar surface area (TPSA) is 100 Å². The van der Waals surface area contributed by atoms with Gasteiger partial charge < -0.3 is 10.6 Å². The second kappa shape index (κ2) is 10.9. The number of sulfonamides is 1. The highest BCUT2D eigenvalue weighted by Crippen LogP contribution is 2.40. The molecular formula is C29H36N4O3S2. The minimum atomic E-state index is -3.87. The minimum Gasteiger partial charge on any atom is -0.325 e. The number of rotatable bonds is 6. The number of thiazole rings is 1. The zero-order valence-corrected chi connectivity index (χ0v) is 23.8. The van der Waals surface area contributed by atoms with E-state index in [9.17, 15) is 13.2 Å². The number of nitrogens with zero attached hydrogens (tertiary/aromatic N) is 1. The van der Waals surface area contributed by atoms with Crippen LogP contribution in [-0.4, -0.2) is 30.9 Å². The van der Waals surface area contributed by atoms with E-state index < -0.39 is 21.6 Å². The Labute approximate surface area is 229 Å². The molecule has 3 N–H and O–H groups in total. The molecule has 1 atom stereocenters. The van der Waals surface area contributed by atoms with E-state index in [2.05, 4.69) is 26.4 Å². The predicted octanol–water partition coefficient (Wildman–Crippen LogP) is 5.59. The van der Waals surface area contributed by atoms with Crippen molar-refractivity contribution in [1.29, 1.82) is 0 Å². The molecule has 1 aromatic heterocycles. The van der Waals surface area contributed by atoms with Gasteiger partial charge in [0, 0.05) is 35.4 Å². The Kier molecular flexibility index (Phi) is 7.73. The van der Waals surface area contributed by atoms with Crippen LogP contribution in [0.2, 0.25) is 0 Å². The second-order valence-corrected chi connectivity index (χ2v) is 14.1. The van der Waals surface area contributed by atoms with E-state index in [0.717, 1.165) is 28.3 Å². The van der Waals surface area contributed by atoms with Crippen molar-refractivity contribution >= 4 is 33.0 Å². The van der Waals surface area contributed by atoms with Crippen LogP contribution in [0.5, 0.6) is 0 Å². The lowest BCUT2D eigenvalue weighted by atomic mass is 9.90. The monoisotopic (exact) mass is 552 g/mol. The second-order valence-electron chi connectivity index (χ2n) is 11.4. The Morgan fingerprint density at radius 1 is 1.05 bits per heavy atom. The van der Waals surface area contributed by atoms with Crippen LogP contribution in [0, 0.1) is 0 Å². The van der Waals surface area contributed by atoms with E-state index in [1.54, 1.807) is 35.7 Å². The van der Waals surface area contributed by atoms with Gasteiger partial charge in [0.05, 0.1) is 20.8 Å². The number of aromatic nitrogens is 1. The number of nitrogens with one attached hydrogen (secondary N) is 3. The maximum absolute atomic E-state index is 13.6. The summed E-state index contributed by atoms with van der Waals surface area (Å²) < 4.78 is 29.9. The summed E-state index contributed by atoms with van der Waals surface area (Å²) in [6.07, 6.45) is 8.34. The molecule has 1 saturated carbocycles. The molecule has 0 spiro atoms. The lowest BCUT2D eigenvalue weighted by Gasteiger charge is -2.25. The number of hydrogen-bond donors (Lipinski definition) is 3. The number of amides is 1. The summed E-state index contributed by atoms with van der Waals surface area (Å²) in [5.74, 6) is 0.263. The molecule has 0 radical (unpaired) electrons. The molecule has 9 heteroatoms. The van der Waals surface area contributed by atoms with Gasteiger partial charge >= 0.3 is 0 Å². The molecule has 1 aliphatic carbocycles. The molecule has 202 valence electrons. The van der Waals surface area contributed by atoms with E-state index >= 15 is 0 Å². The third kappa shape index (κ3) is 6.17. The molecule has 2 aliphatic rings. The fourth-order valence-corrected chi connectivity index (χ4v) is 8.16. The molecule has 5 rings (SSSR count). The van der Waals surface area contributed by atoms with E-state index in [0.29, 0.717) is 30.1 Å². The van der Waals surface area contributed by atoms with Crippen LogP contribution >= 0.6 is 11.3 Å². The summed E-state index contributed by atoms with van der Waals surface area (Å²) in [5.41, 5.74) is 2.74. The van der Waals surface area contributed by atoms with Crippen molar-refractivity contribution in [2.45, 2.75) is 88.2 Å². The zero-order valence-electron chi connectivity index (χ0n) is 22.2. The van der Waals surface area contributed by atoms with Gasteiger partial charge in [-0.05, 0) is 63.3 Å². The van der Waals surface area contributed by atoms with Crippen molar-refractivity contribution in [3.63, 3.8) is 0 Å². The lowest BCUT2D eigenvalue weighted by Crippen LogP contribution is -2.44. The van der Waals surface area contributed by atoms with Crippen molar-refractivity contribution in [3.05, 3.63) is 64.8 Å². The maximum Gasteiger partial charge on any atom is 0.241 e. The summed E-state index contributed by atoms with van der Waals surface area (Å²) in [7, 11) is -3.87. The fourth-order valence-electron chi connectivity index (χ4n) is 5.30. The molecular weight excluding hydrogens is 516 g/mol. The van der Waals surface area contributed by atoms with Crippen LogP contribution < -0.4 is 15.4 Å². The Morgan fingerprint density at radius 2 is 1.79 bits per heavy atom. The van der Waals surface area contributed by atoms with Gasteiger partial charge in [-0.1, -0.05) is 49.6 Å². The molecule has 2 aromatic carbocycles. The predicted molar refractivity (Wildman–Crippen MR) is 153 cm³/mol. The Morgan fingerprint density at radius 3 is 2.53 bits per heavy atom. The van der Waals surface area contributed by atoms with Gasteiger partial charge in [0.15, 0.2) is 0 Å². The normalized spacial score (nSPS) is 18.7. The highest BCUT2D eigenvalue weighted by molar-refractivity contribution is 7.89. The summed E-state index contributed by atoms with van der Waals surface area (Å²) in [4.78, 5) is 18.8. The van der Waals surface area contributed by atoms with Crippen molar-refractivity contribution < 1.29 is 13.2 Å². The Balaban J connectivity index is 1.43. The molecule has 0 saturated heterocycles. The number of carbonyl (C=O) groups excluding carboxylic acids is 1. The first-order chi connectivity index (χ1) is 18.1. The molecule has 3 aromatic rings. The van der Waals surface area contributed by atoms with Gasteiger partial charge in [-0.15, -0.1) is 11.3 Å². The molecule has 1 amide bonds. The fraction of sp³-hybridized carbons (Fsp3) is 0.448. The minimum absolute atomic E-state index is 0.144. The number of anilines is 1. The molecule has 38 heavy (non-hydrogen) atoms. The van der Waals surface area contributed by atoms with Crippen molar-refractivity contribution in [3.8, 4) is 10.4 Å². The van der Waals surface area contributed by atoms with Crippen LogP contribution in [-0.2, 0) is 27.8 Å². The molecule has 1 fully saturated rings. The van der Waals surface area contributed by atoms with Crippen molar-refractivity contribution in [2.24, 2.45) is 0 Å². The largest absolute Gasteiger partial charge is 0.325 e. The Bertz CT molecular complexity index is 1420. The lowest BCUT2D eigenvalue weighted by molar-refractivity contribution is -0.118. The third-order valence-corrected chi connectivity index (χ3v) is 10.1. The summed E-state index contributed by atoms with van der Waals surface area (Å²) in [5, 5.41) is 7.32. The highest BCUT2D eigenvalue weighted by Gasteiger charge is 2.29. The number of carbonyl (C=O) groups is 1. The first-order valence-electron chi connectivity index (χ1n) is 13.3. The van der Waals surface area contributed by atoms with Gasteiger partial charge in [0.2, 0.25) is 15.9 Å². The van der Waals surface area contributed by atoms with Crippen LogP contribution in [0.3, 0.4) is 0 Å². The van der Waals surface area contributed by atoms with E-state index in [1.165, 1.54) is 24.8 Å². The SMILES string of the molecule is CC(C)(C)NS(=O)(=O)c1cc(NC(=O)C2Cc3ccccc3CN2)ccc1-c1cnc(C2CCCCC2)s1. The highest BCUT2D eigenvalue weighted by atomic mass is 32.2. The zero-order chi connectivity index (χ0) is 26.9. The summed E-state index contributed by atoms with van der Waals surface area (Å²) in [6, 6.07) is 12.8. The quantitative estimate of drug-likeness (QED) is 0.370. The van der Waals surface area contributed by atoms with Crippen LogP contribution in [0.25, 0.3) is 10.4 Å². The smallest absolute Gasteiger partial charge is 0.241 e. The molecule has 1 unspecified atom stereocenters. The van der Waals surface area contributed by atoms with Gasteiger partial charge in [0.1, 0.15) is 0 Å². The third-order valence-electron chi connectivity index (χ3n) is 7.12. The molecule has 2 heterocycles. The number of benzene rings is 2. The number of hydrogen-bond acceptors (Lipinski definition) is 6. The average Bonchev–Trinajstić information content (AvgIpc) is 3.38. The van der Waals surface area contributed by atoms with E-state index in [1.807, 2.05) is 39.0 Å². The van der Waals surface area contributed by atoms with Gasteiger partial charge in [-0.2, -0.15) is 0 Å². The van der Waals surface area contributed by atoms with Gasteiger partial charge in [-0.25, -0.2) is 18.1 Å². The molecule has 7 nitrogen and oxygen atoms in total. The van der Waals surface area contributed by atoms with Gasteiger partial charge in [-0.3, -0.25) is 4.79 Å². The standard InChI is InChI=1S/C29H36N4O3S2/c1-29(2,3)33-38(35,36)26-16-22(32-27(34)24-15-20-11-7-8-12-21(20)17-30-24)13-14-23(26)25-18-31-28(37-25)19-9-5-4-6-10-19/h7-8,11-14,16,18-19,24,30,33H,4-6,9-10,15,17H2,1-3H3,(H,32,34). The molecule has 1 aliphatic heterocycles. The number of fused-ring (bicyclic) bond motifs is 1. The first kappa shape index (κ1) is 27.0. The summed E-state index contributed by atoms with van der Waals surface area (Å²) >= 11 is 1.58. The van der Waals surface area contributed by atoms with Crippen molar-refractivity contribution in [2.75, 3.05) is 5.32 Å². The van der Waals surface area contributed by atoms with Crippen LogP contribution in [0.4, 0.5) is 5.69 Å².